The van der Waals surface area contributed by atoms with Crippen molar-refractivity contribution in [1.82, 2.24) is 9.55 Å². The minimum Gasteiger partial charge on any atom is -0.459 e. The van der Waals surface area contributed by atoms with Crippen molar-refractivity contribution in [2.24, 2.45) is 0 Å². The average molecular weight is 447 g/mol. The molecular weight excluding hydrogens is 427 g/mol. The van der Waals surface area contributed by atoms with E-state index in [1.54, 1.807) is 48.7 Å². The highest BCUT2D eigenvalue weighted by molar-refractivity contribution is 6.35. The number of aromatic nitrogens is 2. The molecule has 30 heavy (non-hydrogen) atoms. The molecule has 0 N–H and O–H groups in total. The van der Waals surface area contributed by atoms with E-state index in [1.807, 2.05) is 23.8 Å². The van der Waals surface area contributed by atoms with Crippen molar-refractivity contribution in [1.29, 1.82) is 0 Å². The van der Waals surface area contributed by atoms with Crippen LogP contribution in [-0.2, 0) is 26.5 Å². The Morgan fingerprint density at radius 2 is 2.07 bits per heavy atom. The van der Waals surface area contributed by atoms with Crippen molar-refractivity contribution in [3.8, 4) is 0 Å². The maximum atomic E-state index is 12.3. The number of imidazole rings is 1. The summed E-state index contributed by atoms with van der Waals surface area (Å²) in [6, 6.07) is 14.0. The molecule has 1 aliphatic heterocycles. The zero-order valence-corrected chi connectivity index (χ0v) is 17.8. The fourth-order valence-corrected chi connectivity index (χ4v) is 3.93. The Hall–Kier alpha value is -2.38. The first-order valence-electron chi connectivity index (χ1n) is 9.44. The predicted molar refractivity (Wildman–Crippen MR) is 113 cm³/mol. The van der Waals surface area contributed by atoms with Gasteiger partial charge in [0.1, 0.15) is 18.5 Å². The molecule has 0 bridgehead atoms. The number of esters is 1. The number of aryl methyl sites for hydroxylation is 1. The van der Waals surface area contributed by atoms with Crippen molar-refractivity contribution < 1.29 is 19.0 Å². The maximum absolute atomic E-state index is 12.3. The van der Waals surface area contributed by atoms with E-state index in [4.69, 9.17) is 37.4 Å². The van der Waals surface area contributed by atoms with E-state index < -0.39 is 17.9 Å². The van der Waals surface area contributed by atoms with E-state index in [1.165, 1.54) is 0 Å². The van der Waals surface area contributed by atoms with E-state index in [-0.39, 0.29) is 13.2 Å². The summed E-state index contributed by atoms with van der Waals surface area (Å²) in [7, 11) is 0. The summed E-state index contributed by atoms with van der Waals surface area (Å²) < 4.78 is 19.8. The number of benzene rings is 2. The topological polar surface area (TPSA) is 62.6 Å². The minimum absolute atomic E-state index is 0.0591. The lowest BCUT2D eigenvalue weighted by Crippen LogP contribution is -2.35. The summed E-state index contributed by atoms with van der Waals surface area (Å²) in [5.41, 5.74) is 1.14. The maximum Gasteiger partial charge on any atom is 0.338 e. The Balaban J connectivity index is 1.54. The summed E-state index contributed by atoms with van der Waals surface area (Å²) >= 11 is 12.5. The third-order valence-electron chi connectivity index (χ3n) is 4.91. The summed E-state index contributed by atoms with van der Waals surface area (Å²) in [6.45, 7) is 2.53. The summed E-state index contributed by atoms with van der Waals surface area (Å²) in [5, 5.41) is 0.950. The van der Waals surface area contributed by atoms with Crippen LogP contribution in [0.3, 0.4) is 0 Å². The lowest BCUT2D eigenvalue weighted by atomic mass is 10.1. The van der Waals surface area contributed by atoms with Gasteiger partial charge in [-0.3, -0.25) is 0 Å². The summed E-state index contributed by atoms with van der Waals surface area (Å²) in [6.07, 6.45) is 3.10. The molecule has 0 unspecified atom stereocenters. The Labute approximate surface area is 184 Å². The molecule has 0 aliphatic carbocycles. The first-order chi connectivity index (χ1) is 14.5. The fraction of sp³-hybridized carbons (Fsp3) is 0.273. The van der Waals surface area contributed by atoms with Gasteiger partial charge in [0.05, 0.1) is 23.7 Å². The van der Waals surface area contributed by atoms with E-state index in [9.17, 15) is 4.79 Å². The first-order valence-corrected chi connectivity index (χ1v) is 10.2. The van der Waals surface area contributed by atoms with E-state index in [0.29, 0.717) is 27.7 Å². The Kier molecular flexibility index (Phi) is 6.11. The number of carbonyl (C=O) groups excluding carboxylic acids is 1. The molecule has 8 heteroatoms. The number of nitrogens with zero attached hydrogens (tertiary/aromatic N) is 2. The van der Waals surface area contributed by atoms with Gasteiger partial charge in [0.15, 0.2) is 0 Å². The molecule has 1 aromatic heterocycles. The van der Waals surface area contributed by atoms with Gasteiger partial charge in [-0.15, -0.1) is 0 Å². The zero-order valence-electron chi connectivity index (χ0n) is 16.3. The summed E-state index contributed by atoms with van der Waals surface area (Å²) in [4.78, 5) is 16.5. The predicted octanol–water partition coefficient (Wildman–Crippen LogP) is 4.62. The van der Waals surface area contributed by atoms with Crippen molar-refractivity contribution in [3.63, 3.8) is 0 Å². The number of rotatable bonds is 6. The van der Waals surface area contributed by atoms with Crippen molar-refractivity contribution >= 4 is 29.2 Å². The van der Waals surface area contributed by atoms with Gasteiger partial charge in [-0.2, -0.15) is 0 Å². The van der Waals surface area contributed by atoms with Crippen LogP contribution in [0, 0.1) is 6.92 Å². The van der Waals surface area contributed by atoms with Crippen LogP contribution in [0.25, 0.3) is 0 Å². The zero-order chi connectivity index (χ0) is 21.1. The third-order valence-corrected chi connectivity index (χ3v) is 5.46. The van der Waals surface area contributed by atoms with Crippen LogP contribution in [0.4, 0.5) is 0 Å². The van der Waals surface area contributed by atoms with Crippen LogP contribution in [0.5, 0.6) is 0 Å². The summed E-state index contributed by atoms with van der Waals surface area (Å²) in [5.74, 6) is -0.756. The molecule has 156 valence electrons. The minimum atomic E-state index is -1.16. The second-order valence-electron chi connectivity index (χ2n) is 6.99. The quantitative estimate of drug-likeness (QED) is 0.516. The number of halogens is 2. The highest BCUT2D eigenvalue weighted by atomic mass is 35.5. The first kappa shape index (κ1) is 20.9. The van der Waals surface area contributed by atoms with Gasteiger partial charge in [0, 0.05) is 23.0 Å². The van der Waals surface area contributed by atoms with Crippen LogP contribution in [-0.4, -0.2) is 34.8 Å². The average Bonchev–Trinajstić information content (AvgIpc) is 3.34. The number of hydrogen-bond donors (Lipinski definition) is 0. The standard InChI is InChI=1S/C22H20Cl2N2O4/c1-15-25-9-10-26(15)14-22(19-8-7-17(23)11-20(19)24)29-13-18(30-22)12-28-21(27)16-5-3-2-4-6-16/h2-11,18H,12-14H2,1H3/t18-,22-/m1/s1. The molecule has 0 saturated carbocycles. The molecule has 6 nitrogen and oxygen atoms in total. The Morgan fingerprint density at radius 1 is 1.27 bits per heavy atom. The van der Waals surface area contributed by atoms with Crippen molar-refractivity contribution in [2.45, 2.75) is 25.4 Å². The van der Waals surface area contributed by atoms with Gasteiger partial charge >= 0.3 is 5.97 Å². The van der Waals surface area contributed by atoms with Gasteiger partial charge < -0.3 is 18.8 Å². The molecule has 2 atom stereocenters. The smallest absolute Gasteiger partial charge is 0.338 e. The van der Waals surface area contributed by atoms with Crippen LogP contribution >= 0.6 is 23.2 Å². The molecule has 2 aromatic carbocycles. The molecule has 0 radical (unpaired) electrons. The monoisotopic (exact) mass is 446 g/mol. The molecule has 2 heterocycles. The van der Waals surface area contributed by atoms with Gasteiger partial charge in [-0.25, -0.2) is 9.78 Å². The Bertz CT molecular complexity index is 1040. The van der Waals surface area contributed by atoms with Crippen molar-refractivity contribution in [3.05, 3.63) is 87.9 Å². The third kappa shape index (κ3) is 4.37. The van der Waals surface area contributed by atoms with E-state index in [0.717, 1.165) is 5.82 Å². The van der Waals surface area contributed by atoms with Crippen LogP contribution in [0.2, 0.25) is 10.0 Å². The van der Waals surface area contributed by atoms with Gasteiger partial charge in [-0.05, 0) is 31.2 Å². The molecule has 1 aliphatic rings. The second kappa shape index (κ2) is 8.78. The van der Waals surface area contributed by atoms with Gasteiger partial charge in [-0.1, -0.05) is 47.5 Å². The Morgan fingerprint density at radius 3 is 2.77 bits per heavy atom. The number of carbonyl (C=O) groups is 1. The van der Waals surface area contributed by atoms with Crippen LogP contribution in [0.15, 0.2) is 60.9 Å². The molecule has 1 fully saturated rings. The van der Waals surface area contributed by atoms with Gasteiger partial charge in [0.2, 0.25) is 5.79 Å². The number of hydrogen-bond acceptors (Lipinski definition) is 5. The van der Waals surface area contributed by atoms with E-state index >= 15 is 0 Å². The molecule has 0 amide bonds. The number of ether oxygens (including phenoxy) is 3. The molecular formula is C22H20Cl2N2O4. The highest BCUT2D eigenvalue weighted by Crippen LogP contribution is 2.40. The van der Waals surface area contributed by atoms with Gasteiger partial charge in [0.25, 0.3) is 0 Å². The largest absolute Gasteiger partial charge is 0.459 e. The molecule has 1 saturated heterocycles. The fourth-order valence-electron chi connectivity index (χ4n) is 3.38. The molecule has 0 spiro atoms. The van der Waals surface area contributed by atoms with Crippen LogP contribution < -0.4 is 0 Å². The second-order valence-corrected chi connectivity index (χ2v) is 7.84. The molecule has 3 aromatic rings. The van der Waals surface area contributed by atoms with Crippen LogP contribution in [0.1, 0.15) is 21.7 Å². The lowest BCUT2D eigenvalue weighted by molar-refractivity contribution is -0.190. The van der Waals surface area contributed by atoms with E-state index in [2.05, 4.69) is 4.98 Å². The van der Waals surface area contributed by atoms with Crippen molar-refractivity contribution in [2.75, 3.05) is 13.2 Å². The highest BCUT2D eigenvalue weighted by Gasteiger charge is 2.45. The normalized spacial score (nSPS) is 21.0. The SMILES string of the molecule is Cc1nccn1C[C@@]1(c2ccc(Cl)cc2Cl)OC[C@@H](COC(=O)c2ccccc2)O1. The molecule has 4 rings (SSSR count). The lowest BCUT2D eigenvalue weighted by Gasteiger charge is -2.30.